The summed E-state index contributed by atoms with van der Waals surface area (Å²) in [6.45, 7) is 12.2. The van der Waals surface area contributed by atoms with E-state index in [0.717, 1.165) is 0 Å². The first kappa shape index (κ1) is 22.7. The third kappa shape index (κ3) is 8.28. The lowest BCUT2D eigenvalue weighted by molar-refractivity contribution is -0.158. The molecule has 3 atom stereocenters. The van der Waals surface area contributed by atoms with Crippen LogP contribution in [0.2, 0.25) is 0 Å². The molecule has 1 amide bonds. The summed E-state index contributed by atoms with van der Waals surface area (Å²) >= 11 is 0. The van der Waals surface area contributed by atoms with Gasteiger partial charge >= 0.3 is 12.1 Å². The molecule has 0 aliphatic carbocycles. The molecule has 0 saturated heterocycles. The SMILES string of the molecule is CC(C)[C@@H](OC(=O)[C@H](C)NC(=O)OC(C)(C)C)[C@H](C)Oc1cccc(F)c1. The number of halogens is 1. The fourth-order valence-electron chi connectivity index (χ4n) is 2.38. The Morgan fingerprint density at radius 2 is 1.74 bits per heavy atom. The van der Waals surface area contributed by atoms with Crippen LogP contribution in [0.1, 0.15) is 48.5 Å². The molecule has 6 nitrogen and oxygen atoms in total. The molecule has 0 spiro atoms. The van der Waals surface area contributed by atoms with E-state index in [1.54, 1.807) is 39.8 Å². The van der Waals surface area contributed by atoms with Gasteiger partial charge in [-0.1, -0.05) is 19.9 Å². The topological polar surface area (TPSA) is 73.9 Å². The van der Waals surface area contributed by atoms with Crippen molar-refractivity contribution in [3.63, 3.8) is 0 Å². The molecule has 0 heterocycles. The number of amides is 1. The predicted molar refractivity (Wildman–Crippen MR) is 100 cm³/mol. The first-order chi connectivity index (χ1) is 12.4. The Morgan fingerprint density at radius 3 is 2.26 bits per heavy atom. The summed E-state index contributed by atoms with van der Waals surface area (Å²) < 4.78 is 29.7. The van der Waals surface area contributed by atoms with E-state index in [-0.39, 0.29) is 5.92 Å². The van der Waals surface area contributed by atoms with Crippen molar-refractivity contribution < 1.29 is 28.2 Å². The molecule has 0 aliphatic rings. The van der Waals surface area contributed by atoms with Crippen molar-refractivity contribution in [3.8, 4) is 5.75 Å². The normalized spacial score (nSPS) is 14.9. The number of benzene rings is 1. The Bertz CT molecular complexity index is 642. The van der Waals surface area contributed by atoms with Crippen LogP contribution >= 0.6 is 0 Å². The minimum atomic E-state index is -0.887. The lowest BCUT2D eigenvalue weighted by Gasteiger charge is -2.29. The summed E-state index contributed by atoms with van der Waals surface area (Å²) in [6.07, 6.45) is -1.79. The van der Waals surface area contributed by atoms with Gasteiger partial charge in [0.2, 0.25) is 0 Å². The van der Waals surface area contributed by atoms with E-state index in [0.29, 0.717) is 5.75 Å². The molecule has 0 fully saturated rings. The first-order valence-corrected chi connectivity index (χ1v) is 9.01. The Morgan fingerprint density at radius 1 is 1.11 bits per heavy atom. The van der Waals surface area contributed by atoms with Gasteiger partial charge in [-0.05, 0) is 52.7 Å². The summed E-state index contributed by atoms with van der Waals surface area (Å²) in [4.78, 5) is 24.2. The average molecular weight is 383 g/mol. The second-order valence-electron chi connectivity index (χ2n) is 7.79. The highest BCUT2D eigenvalue weighted by atomic mass is 19.1. The van der Waals surface area contributed by atoms with Gasteiger partial charge in [-0.25, -0.2) is 14.0 Å². The molecule has 0 bridgehead atoms. The van der Waals surface area contributed by atoms with Crippen LogP contribution in [0.5, 0.6) is 5.75 Å². The molecule has 1 N–H and O–H groups in total. The monoisotopic (exact) mass is 383 g/mol. The van der Waals surface area contributed by atoms with Crippen LogP contribution in [0.15, 0.2) is 24.3 Å². The van der Waals surface area contributed by atoms with Gasteiger partial charge in [-0.15, -0.1) is 0 Å². The van der Waals surface area contributed by atoms with E-state index in [1.807, 2.05) is 13.8 Å². The molecule has 1 aromatic carbocycles. The number of ether oxygens (including phenoxy) is 3. The van der Waals surface area contributed by atoms with Crippen LogP contribution in [0.4, 0.5) is 9.18 Å². The summed E-state index contributed by atoms with van der Waals surface area (Å²) in [5.74, 6) is -0.711. The minimum absolute atomic E-state index is 0.0498. The maximum absolute atomic E-state index is 13.3. The molecule has 27 heavy (non-hydrogen) atoms. The van der Waals surface area contributed by atoms with Gasteiger partial charge in [-0.3, -0.25) is 0 Å². The lowest BCUT2D eigenvalue weighted by Crippen LogP contribution is -2.46. The van der Waals surface area contributed by atoms with Crippen molar-refractivity contribution >= 4 is 12.1 Å². The lowest BCUT2D eigenvalue weighted by atomic mass is 10.0. The van der Waals surface area contributed by atoms with Gasteiger partial charge in [0.1, 0.15) is 35.4 Å². The van der Waals surface area contributed by atoms with Crippen LogP contribution < -0.4 is 10.1 Å². The molecule has 1 rings (SSSR count). The van der Waals surface area contributed by atoms with E-state index in [9.17, 15) is 14.0 Å². The van der Waals surface area contributed by atoms with E-state index < -0.39 is 41.7 Å². The third-order valence-corrected chi connectivity index (χ3v) is 3.58. The Labute approximate surface area is 160 Å². The minimum Gasteiger partial charge on any atom is -0.487 e. The number of hydrogen-bond donors (Lipinski definition) is 1. The zero-order valence-corrected chi connectivity index (χ0v) is 17.0. The van der Waals surface area contributed by atoms with Crippen LogP contribution in [0.3, 0.4) is 0 Å². The molecule has 0 radical (unpaired) electrons. The maximum atomic E-state index is 13.3. The molecular formula is C20H30FNO5. The molecule has 0 unspecified atom stereocenters. The van der Waals surface area contributed by atoms with Crippen molar-refractivity contribution in [2.24, 2.45) is 5.92 Å². The number of alkyl carbamates (subject to hydrolysis) is 1. The average Bonchev–Trinajstić information content (AvgIpc) is 2.49. The van der Waals surface area contributed by atoms with Gasteiger partial charge in [0.25, 0.3) is 0 Å². The molecule has 0 aliphatic heterocycles. The van der Waals surface area contributed by atoms with Gasteiger partial charge in [0.05, 0.1) is 0 Å². The summed E-state index contributed by atoms with van der Waals surface area (Å²) in [6, 6.07) is 4.87. The van der Waals surface area contributed by atoms with Crippen LogP contribution in [0.25, 0.3) is 0 Å². The maximum Gasteiger partial charge on any atom is 0.408 e. The second kappa shape index (κ2) is 9.58. The summed E-state index contributed by atoms with van der Waals surface area (Å²) in [5, 5.41) is 2.45. The Hall–Kier alpha value is -2.31. The fraction of sp³-hybridized carbons (Fsp3) is 0.600. The quantitative estimate of drug-likeness (QED) is 0.719. The molecule has 7 heteroatoms. The highest BCUT2D eigenvalue weighted by Crippen LogP contribution is 2.20. The van der Waals surface area contributed by atoms with Gasteiger partial charge in [0, 0.05) is 6.07 Å². The fourth-order valence-corrected chi connectivity index (χ4v) is 2.38. The van der Waals surface area contributed by atoms with E-state index in [2.05, 4.69) is 5.32 Å². The van der Waals surface area contributed by atoms with Crippen molar-refractivity contribution in [3.05, 3.63) is 30.1 Å². The Kier molecular flexibility index (Phi) is 8.06. The highest BCUT2D eigenvalue weighted by Gasteiger charge is 2.30. The number of carbonyl (C=O) groups is 2. The van der Waals surface area contributed by atoms with Crippen LogP contribution in [0, 0.1) is 11.7 Å². The van der Waals surface area contributed by atoms with Crippen molar-refractivity contribution in [2.45, 2.75) is 72.3 Å². The molecular weight excluding hydrogens is 353 g/mol. The Balaban J connectivity index is 2.69. The standard InChI is InChI=1S/C20H30FNO5/c1-12(2)17(14(4)25-16-10-8-9-15(21)11-16)26-18(23)13(3)22-19(24)27-20(5,6)7/h8-14,17H,1-7H3,(H,22,24)/t13-,14-,17+/m0/s1. The van der Waals surface area contributed by atoms with E-state index in [4.69, 9.17) is 14.2 Å². The molecule has 1 aromatic rings. The van der Waals surface area contributed by atoms with Gasteiger partial charge in [-0.2, -0.15) is 0 Å². The number of carbonyl (C=O) groups excluding carboxylic acids is 2. The number of nitrogens with one attached hydrogen (secondary N) is 1. The zero-order chi connectivity index (χ0) is 20.8. The molecule has 0 saturated carbocycles. The summed E-state index contributed by atoms with van der Waals surface area (Å²) in [7, 11) is 0. The van der Waals surface area contributed by atoms with Crippen molar-refractivity contribution in [2.75, 3.05) is 0 Å². The second-order valence-corrected chi connectivity index (χ2v) is 7.79. The smallest absolute Gasteiger partial charge is 0.408 e. The number of esters is 1. The number of hydrogen-bond acceptors (Lipinski definition) is 5. The predicted octanol–water partition coefficient (Wildman–Crippen LogP) is 4.07. The first-order valence-electron chi connectivity index (χ1n) is 9.01. The van der Waals surface area contributed by atoms with Crippen molar-refractivity contribution in [1.29, 1.82) is 0 Å². The third-order valence-electron chi connectivity index (χ3n) is 3.58. The highest BCUT2D eigenvalue weighted by molar-refractivity contribution is 5.81. The number of rotatable bonds is 7. The largest absolute Gasteiger partial charge is 0.487 e. The summed E-state index contributed by atoms with van der Waals surface area (Å²) in [5.41, 5.74) is -0.665. The van der Waals surface area contributed by atoms with E-state index in [1.165, 1.54) is 19.1 Å². The molecule has 0 aromatic heterocycles. The van der Waals surface area contributed by atoms with Gasteiger partial charge in [0.15, 0.2) is 0 Å². The van der Waals surface area contributed by atoms with Gasteiger partial charge < -0.3 is 19.5 Å². The zero-order valence-electron chi connectivity index (χ0n) is 17.0. The van der Waals surface area contributed by atoms with Crippen LogP contribution in [-0.4, -0.2) is 35.9 Å². The van der Waals surface area contributed by atoms with Crippen molar-refractivity contribution in [1.82, 2.24) is 5.32 Å². The molecule has 152 valence electrons. The van der Waals surface area contributed by atoms with Crippen LogP contribution in [-0.2, 0) is 14.3 Å². The van der Waals surface area contributed by atoms with E-state index >= 15 is 0 Å².